The van der Waals surface area contributed by atoms with Crippen LogP contribution < -0.4 is 0 Å². The quantitative estimate of drug-likeness (QED) is 0.509. The number of carbonyl (C=O) groups excluding carboxylic acids is 1. The van der Waals surface area contributed by atoms with Crippen LogP contribution in [0.1, 0.15) is 19.5 Å². The molecule has 0 radical (unpaired) electrons. The van der Waals surface area contributed by atoms with Gasteiger partial charge in [0.1, 0.15) is 5.57 Å². The summed E-state index contributed by atoms with van der Waals surface area (Å²) in [6, 6.07) is 7.54. The Kier molecular flexibility index (Phi) is 4.09. The molecule has 1 aromatic carbocycles. The van der Waals surface area contributed by atoms with E-state index in [2.05, 4.69) is 20.9 Å². The minimum atomic E-state index is -1.21. The molecule has 0 aliphatic rings. The summed E-state index contributed by atoms with van der Waals surface area (Å²) < 4.78 is 0.930. The average Bonchev–Trinajstić information content (AvgIpc) is 2.76. The van der Waals surface area contributed by atoms with Crippen LogP contribution in [0.5, 0.6) is 0 Å². The number of aromatic nitrogens is 1. The third kappa shape index (κ3) is 2.99. The normalized spacial score (nSPS) is 12.1. The first-order valence-electron chi connectivity index (χ1n) is 6.16. The molecular formula is C15H14BrNO3. The van der Waals surface area contributed by atoms with E-state index in [-0.39, 0.29) is 17.3 Å². The first kappa shape index (κ1) is 14.5. The fourth-order valence-electron chi connectivity index (χ4n) is 1.90. The fourth-order valence-corrected chi connectivity index (χ4v) is 2.27. The van der Waals surface area contributed by atoms with Gasteiger partial charge in [-0.25, -0.2) is 4.79 Å². The molecule has 2 N–H and O–H groups in total. The van der Waals surface area contributed by atoms with E-state index in [9.17, 15) is 9.59 Å². The summed E-state index contributed by atoms with van der Waals surface area (Å²) in [6.07, 6.45) is 1.39. The Morgan fingerprint density at radius 3 is 2.60 bits per heavy atom. The van der Waals surface area contributed by atoms with Gasteiger partial charge in [0.15, 0.2) is 5.78 Å². The van der Waals surface area contributed by atoms with E-state index in [1.54, 1.807) is 13.8 Å². The summed E-state index contributed by atoms with van der Waals surface area (Å²) in [5.41, 5.74) is 1.28. The molecule has 0 saturated heterocycles. The van der Waals surface area contributed by atoms with Crippen molar-refractivity contribution in [3.05, 3.63) is 40.0 Å². The number of Topliss-reactive ketones (excluding diaryl/α,β-unsaturated/α-hetero) is 1. The number of nitrogens with one attached hydrogen (secondary N) is 1. The molecule has 0 saturated carbocycles. The Morgan fingerprint density at radius 2 is 2.00 bits per heavy atom. The monoisotopic (exact) mass is 335 g/mol. The number of hydrogen-bond acceptors (Lipinski definition) is 2. The number of aromatic amines is 1. The second-order valence-electron chi connectivity index (χ2n) is 4.84. The van der Waals surface area contributed by atoms with Crippen LogP contribution >= 0.6 is 15.9 Å². The first-order valence-corrected chi connectivity index (χ1v) is 6.95. The molecule has 104 valence electrons. The third-order valence-corrected chi connectivity index (χ3v) is 3.42. The topological polar surface area (TPSA) is 70.2 Å². The highest BCUT2D eigenvalue weighted by atomic mass is 79.9. The van der Waals surface area contributed by atoms with Gasteiger partial charge in [0.05, 0.1) is 0 Å². The highest BCUT2D eigenvalue weighted by Crippen LogP contribution is 2.22. The summed E-state index contributed by atoms with van der Waals surface area (Å²) in [5.74, 6) is -1.93. The number of carboxylic acids is 1. The minimum absolute atomic E-state index is 0.203. The predicted molar refractivity (Wildman–Crippen MR) is 81.5 cm³/mol. The van der Waals surface area contributed by atoms with Gasteiger partial charge in [-0.2, -0.15) is 0 Å². The summed E-state index contributed by atoms with van der Waals surface area (Å²) in [6.45, 7) is 3.36. The highest BCUT2D eigenvalue weighted by molar-refractivity contribution is 9.10. The molecule has 0 spiro atoms. The van der Waals surface area contributed by atoms with Crippen molar-refractivity contribution < 1.29 is 14.7 Å². The molecule has 4 nitrogen and oxygen atoms in total. The third-order valence-electron chi connectivity index (χ3n) is 2.93. The minimum Gasteiger partial charge on any atom is -0.478 e. The molecular weight excluding hydrogens is 322 g/mol. The van der Waals surface area contributed by atoms with E-state index in [4.69, 9.17) is 5.11 Å². The molecule has 2 rings (SSSR count). The Hall–Kier alpha value is -1.88. The van der Waals surface area contributed by atoms with Gasteiger partial charge in [-0.05, 0) is 24.3 Å². The first-order chi connectivity index (χ1) is 9.38. The van der Waals surface area contributed by atoms with Gasteiger partial charge in [0, 0.05) is 27.0 Å². The lowest BCUT2D eigenvalue weighted by atomic mass is 10.0. The molecule has 0 unspecified atom stereocenters. The summed E-state index contributed by atoms with van der Waals surface area (Å²) in [7, 11) is 0. The van der Waals surface area contributed by atoms with E-state index in [1.165, 1.54) is 6.08 Å². The molecule has 0 atom stereocenters. The maximum atomic E-state index is 11.9. The van der Waals surface area contributed by atoms with E-state index >= 15 is 0 Å². The molecule has 20 heavy (non-hydrogen) atoms. The predicted octanol–water partition coefficient (Wildman–Crippen LogP) is 3.62. The molecule has 2 aromatic rings. The van der Waals surface area contributed by atoms with Crippen LogP contribution in [0.15, 0.2) is 34.3 Å². The molecule has 0 bridgehead atoms. The van der Waals surface area contributed by atoms with Crippen LogP contribution in [-0.2, 0) is 9.59 Å². The van der Waals surface area contributed by atoms with Crippen molar-refractivity contribution in [2.45, 2.75) is 13.8 Å². The van der Waals surface area contributed by atoms with Gasteiger partial charge < -0.3 is 10.1 Å². The van der Waals surface area contributed by atoms with Gasteiger partial charge in [0.25, 0.3) is 0 Å². The molecule has 5 heteroatoms. The van der Waals surface area contributed by atoms with E-state index in [1.807, 2.05) is 24.3 Å². The molecule has 1 heterocycles. The largest absolute Gasteiger partial charge is 0.478 e. The van der Waals surface area contributed by atoms with E-state index in [0.29, 0.717) is 5.69 Å². The van der Waals surface area contributed by atoms with Crippen LogP contribution in [0.2, 0.25) is 0 Å². The number of aliphatic carboxylic acids is 1. The van der Waals surface area contributed by atoms with E-state index in [0.717, 1.165) is 15.4 Å². The van der Waals surface area contributed by atoms with Crippen molar-refractivity contribution in [2.75, 3.05) is 0 Å². The van der Waals surface area contributed by atoms with Gasteiger partial charge in [-0.1, -0.05) is 35.8 Å². The SMILES string of the molecule is CC(C)C(=O)C(=Cc1cc2ccc(Br)cc2[nH]1)C(=O)O. The van der Waals surface area contributed by atoms with Gasteiger partial charge in [-0.3, -0.25) is 4.79 Å². The molecule has 0 fully saturated rings. The maximum absolute atomic E-state index is 11.9. The van der Waals surface area contributed by atoms with Crippen molar-refractivity contribution in [2.24, 2.45) is 5.92 Å². The second kappa shape index (κ2) is 5.63. The number of rotatable bonds is 4. The maximum Gasteiger partial charge on any atom is 0.339 e. The van der Waals surface area contributed by atoms with Gasteiger partial charge >= 0.3 is 5.97 Å². The van der Waals surface area contributed by atoms with Crippen LogP contribution in [0.4, 0.5) is 0 Å². The number of hydrogen-bond donors (Lipinski definition) is 2. The molecule has 1 aromatic heterocycles. The number of H-pyrrole nitrogens is 1. The van der Waals surface area contributed by atoms with Crippen LogP contribution in [0.25, 0.3) is 17.0 Å². The van der Waals surface area contributed by atoms with Crippen molar-refractivity contribution >= 4 is 44.7 Å². The number of carbonyl (C=O) groups is 2. The van der Waals surface area contributed by atoms with E-state index < -0.39 is 5.97 Å². The van der Waals surface area contributed by atoms with Crippen molar-refractivity contribution in [3.8, 4) is 0 Å². The number of fused-ring (bicyclic) bond motifs is 1. The number of carboxylic acid groups (broad SMARTS) is 1. The van der Waals surface area contributed by atoms with Crippen LogP contribution in [0.3, 0.4) is 0 Å². The summed E-state index contributed by atoms with van der Waals surface area (Å²) >= 11 is 3.37. The van der Waals surface area contributed by atoms with Crippen LogP contribution in [-0.4, -0.2) is 21.8 Å². The summed E-state index contributed by atoms with van der Waals surface area (Å²) in [4.78, 5) is 26.2. The lowest BCUT2D eigenvalue weighted by Gasteiger charge is -2.04. The Morgan fingerprint density at radius 1 is 1.30 bits per heavy atom. The van der Waals surface area contributed by atoms with Crippen molar-refractivity contribution in [1.82, 2.24) is 4.98 Å². The number of halogens is 1. The number of benzene rings is 1. The zero-order valence-electron chi connectivity index (χ0n) is 11.1. The van der Waals surface area contributed by atoms with Gasteiger partial charge in [-0.15, -0.1) is 0 Å². The van der Waals surface area contributed by atoms with Crippen LogP contribution in [0, 0.1) is 5.92 Å². The number of ketones is 1. The Balaban J connectivity index is 2.48. The van der Waals surface area contributed by atoms with Crippen molar-refractivity contribution in [1.29, 1.82) is 0 Å². The van der Waals surface area contributed by atoms with Crippen molar-refractivity contribution in [3.63, 3.8) is 0 Å². The smallest absolute Gasteiger partial charge is 0.339 e. The Labute approximate surface area is 124 Å². The zero-order chi connectivity index (χ0) is 14.9. The lowest BCUT2D eigenvalue weighted by molar-refractivity contribution is -0.135. The van der Waals surface area contributed by atoms with Gasteiger partial charge in [0.2, 0.25) is 0 Å². The highest BCUT2D eigenvalue weighted by Gasteiger charge is 2.20. The fraction of sp³-hybridized carbons (Fsp3) is 0.200. The lowest BCUT2D eigenvalue weighted by Crippen LogP contribution is -2.17. The molecule has 0 aliphatic carbocycles. The standard InChI is InChI=1S/C15H14BrNO3/c1-8(2)14(18)12(15(19)20)7-11-5-9-3-4-10(16)6-13(9)17-11/h3-8,17H,1-2H3,(H,19,20). The second-order valence-corrected chi connectivity index (χ2v) is 5.75. The molecule has 0 amide bonds. The summed E-state index contributed by atoms with van der Waals surface area (Å²) in [5, 5.41) is 10.1. The Bertz CT molecular complexity index is 713. The molecule has 0 aliphatic heterocycles. The zero-order valence-corrected chi connectivity index (χ0v) is 12.7. The average molecular weight is 336 g/mol.